The number of carbonyl (C=O) groups is 1. The summed E-state index contributed by atoms with van der Waals surface area (Å²) in [7, 11) is 0. The number of aromatic nitrogens is 2. The Labute approximate surface area is 81.0 Å². The minimum atomic E-state index is -1.12. The number of aryl methyl sites for hydroxylation is 1. The van der Waals surface area contributed by atoms with Crippen molar-refractivity contribution in [2.45, 2.75) is 19.4 Å². The lowest BCUT2D eigenvalue weighted by Gasteiger charge is -1.98. The highest BCUT2D eigenvalue weighted by Crippen LogP contribution is 2.09. The van der Waals surface area contributed by atoms with Gasteiger partial charge in [0.05, 0.1) is 5.69 Å². The van der Waals surface area contributed by atoms with Gasteiger partial charge in [-0.1, -0.05) is 0 Å². The van der Waals surface area contributed by atoms with E-state index < -0.39 is 5.97 Å². The number of carboxylic acid groups (broad SMARTS) is 1. The molecule has 0 atom stereocenters. The molecule has 1 aromatic rings. The molecule has 1 rings (SSSR count). The van der Waals surface area contributed by atoms with Crippen molar-refractivity contribution in [3.63, 3.8) is 0 Å². The fourth-order valence-electron chi connectivity index (χ4n) is 1.10. The second kappa shape index (κ2) is 4.61. The Kier molecular flexibility index (Phi) is 3.47. The Morgan fingerprint density at radius 3 is 2.79 bits per heavy atom. The number of unbranched alkanes of at least 4 members (excludes halogenated alkanes) is 1. The minimum absolute atomic E-state index is 0.117. The molecule has 0 amide bonds. The van der Waals surface area contributed by atoms with E-state index in [0.29, 0.717) is 13.0 Å². The number of nitrogens with zero attached hydrogens (tertiary/aromatic N) is 2. The summed E-state index contributed by atoms with van der Waals surface area (Å²) in [6, 6.07) is 0. The summed E-state index contributed by atoms with van der Waals surface area (Å²) in [5, 5.41) is 21.0. The SMILES string of the molecule is Nc1cn(CCCCO)nc1C(=O)O. The topological polar surface area (TPSA) is 101 Å². The standard InChI is InChI=1S/C8H13N3O3/c9-6-5-11(3-1-2-4-12)10-7(6)8(13)14/h5,12H,1-4,9H2,(H,13,14). The van der Waals surface area contributed by atoms with E-state index in [1.165, 1.54) is 10.9 Å². The summed E-state index contributed by atoms with van der Waals surface area (Å²) >= 11 is 0. The molecule has 6 nitrogen and oxygen atoms in total. The molecular weight excluding hydrogens is 186 g/mol. The molecule has 14 heavy (non-hydrogen) atoms. The summed E-state index contributed by atoms with van der Waals surface area (Å²) < 4.78 is 1.48. The quantitative estimate of drug-likeness (QED) is 0.576. The van der Waals surface area contributed by atoms with Crippen LogP contribution in [0.25, 0.3) is 0 Å². The smallest absolute Gasteiger partial charge is 0.358 e. The van der Waals surface area contributed by atoms with Crippen LogP contribution in [0.4, 0.5) is 5.69 Å². The number of rotatable bonds is 5. The molecule has 0 saturated heterocycles. The lowest BCUT2D eigenvalue weighted by molar-refractivity contribution is 0.0690. The van der Waals surface area contributed by atoms with Crippen LogP contribution >= 0.6 is 0 Å². The van der Waals surface area contributed by atoms with Crippen LogP contribution in [0, 0.1) is 0 Å². The summed E-state index contributed by atoms with van der Waals surface area (Å²) in [6.07, 6.45) is 2.90. The molecule has 0 aliphatic carbocycles. The van der Waals surface area contributed by atoms with Gasteiger partial charge in [0.25, 0.3) is 0 Å². The Balaban J connectivity index is 2.62. The molecule has 4 N–H and O–H groups in total. The summed E-state index contributed by atoms with van der Waals surface area (Å²) in [4.78, 5) is 10.6. The first-order chi connectivity index (χ1) is 6.65. The maximum Gasteiger partial charge on any atom is 0.358 e. The Bertz CT molecular complexity index is 322. The lowest BCUT2D eigenvalue weighted by atomic mass is 10.3. The normalized spacial score (nSPS) is 10.4. The number of nitrogens with two attached hydrogens (primary N) is 1. The number of hydrogen-bond donors (Lipinski definition) is 3. The molecule has 0 unspecified atom stereocenters. The second-order valence-corrected chi connectivity index (χ2v) is 2.93. The zero-order valence-electron chi connectivity index (χ0n) is 7.68. The van der Waals surface area contributed by atoms with Crippen molar-refractivity contribution in [2.75, 3.05) is 12.3 Å². The average Bonchev–Trinajstić information content (AvgIpc) is 2.47. The van der Waals surface area contributed by atoms with E-state index in [-0.39, 0.29) is 18.0 Å². The predicted octanol–water partition coefficient (Wildman–Crippen LogP) is -0.0640. The van der Waals surface area contributed by atoms with Crippen molar-refractivity contribution >= 4 is 11.7 Å². The van der Waals surface area contributed by atoms with Crippen molar-refractivity contribution in [2.24, 2.45) is 0 Å². The Morgan fingerprint density at radius 1 is 1.57 bits per heavy atom. The molecule has 0 radical (unpaired) electrons. The average molecular weight is 199 g/mol. The zero-order chi connectivity index (χ0) is 10.6. The van der Waals surface area contributed by atoms with Gasteiger partial charge in [-0.25, -0.2) is 4.79 Å². The summed E-state index contributed by atoms with van der Waals surface area (Å²) in [6.45, 7) is 0.695. The molecule has 0 saturated carbocycles. The molecule has 0 aliphatic heterocycles. The highest BCUT2D eigenvalue weighted by molar-refractivity contribution is 5.91. The molecule has 78 valence electrons. The van der Waals surface area contributed by atoms with Gasteiger partial charge in [0, 0.05) is 19.3 Å². The van der Waals surface area contributed by atoms with Gasteiger partial charge in [0.15, 0.2) is 5.69 Å². The highest BCUT2D eigenvalue weighted by atomic mass is 16.4. The van der Waals surface area contributed by atoms with E-state index >= 15 is 0 Å². The van der Waals surface area contributed by atoms with E-state index in [1.807, 2.05) is 0 Å². The number of aliphatic hydroxyl groups is 1. The number of hydrogen-bond acceptors (Lipinski definition) is 4. The van der Waals surface area contributed by atoms with Crippen LogP contribution in [0.1, 0.15) is 23.3 Å². The lowest BCUT2D eigenvalue weighted by Crippen LogP contribution is -2.04. The molecule has 0 aliphatic rings. The van der Waals surface area contributed by atoms with Crippen LogP contribution < -0.4 is 5.73 Å². The Morgan fingerprint density at radius 2 is 2.29 bits per heavy atom. The van der Waals surface area contributed by atoms with Gasteiger partial charge < -0.3 is 15.9 Å². The fourth-order valence-corrected chi connectivity index (χ4v) is 1.10. The molecule has 0 spiro atoms. The van der Waals surface area contributed by atoms with Crippen molar-refractivity contribution in [3.05, 3.63) is 11.9 Å². The first-order valence-corrected chi connectivity index (χ1v) is 4.32. The maximum absolute atomic E-state index is 10.6. The van der Waals surface area contributed by atoms with Gasteiger partial charge in [0.1, 0.15) is 0 Å². The fraction of sp³-hybridized carbons (Fsp3) is 0.500. The van der Waals surface area contributed by atoms with Gasteiger partial charge >= 0.3 is 5.97 Å². The van der Waals surface area contributed by atoms with Gasteiger partial charge in [-0.05, 0) is 12.8 Å². The number of aromatic carboxylic acids is 1. The van der Waals surface area contributed by atoms with Crippen LogP contribution in [-0.2, 0) is 6.54 Å². The second-order valence-electron chi connectivity index (χ2n) is 2.93. The number of aliphatic hydroxyl groups excluding tert-OH is 1. The van der Waals surface area contributed by atoms with Crippen molar-refractivity contribution in [3.8, 4) is 0 Å². The third-order valence-electron chi connectivity index (χ3n) is 1.79. The van der Waals surface area contributed by atoms with Crippen molar-refractivity contribution in [1.29, 1.82) is 0 Å². The van der Waals surface area contributed by atoms with Gasteiger partial charge in [-0.15, -0.1) is 0 Å². The van der Waals surface area contributed by atoms with Crippen molar-refractivity contribution in [1.82, 2.24) is 9.78 Å². The minimum Gasteiger partial charge on any atom is -0.476 e. The molecule has 6 heteroatoms. The molecule has 0 bridgehead atoms. The van der Waals surface area contributed by atoms with Gasteiger partial charge in [-0.3, -0.25) is 4.68 Å². The van der Waals surface area contributed by atoms with Gasteiger partial charge in [0.2, 0.25) is 0 Å². The van der Waals surface area contributed by atoms with Crippen molar-refractivity contribution < 1.29 is 15.0 Å². The maximum atomic E-state index is 10.6. The number of carboxylic acids is 1. The van der Waals surface area contributed by atoms with E-state index in [1.54, 1.807) is 0 Å². The molecule has 1 heterocycles. The molecule has 0 aromatic carbocycles. The molecule has 0 fully saturated rings. The van der Waals surface area contributed by atoms with E-state index in [4.69, 9.17) is 15.9 Å². The van der Waals surface area contributed by atoms with E-state index in [9.17, 15) is 4.79 Å². The van der Waals surface area contributed by atoms with E-state index in [0.717, 1.165) is 6.42 Å². The monoisotopic (exact) mass is 199 g/mol. The summed E-state index contributed by atoms with van der Waals surface area (Å²) in [5.74, 6) is -1.12. The first kappa shape index (κ1) is 10.5. The predicted molar refractivity (Wildman–Crippen MR) is 49.9 cm³/mol. The first-order valence-electron chi connectivity index (χ1n) is 4.32. The van der Waals surface area contributed by atoms with Crippen LogP contribution in [0.3, 0.4) is 0 Å². The van der Waals surface area contributed by atoms with Crippen LogP contribution in [-0.4, -0.2) is 32.6 Å². The Hall–Kier alpha value is -1.56. The summed E-state index contributed by atoms with van der Waals surface area (Å²) in [5.41, 5.74) is 5.48. The van der Waals surface area contributed by atoms with E-state index in [2.05, 4.69) is 5.10 Å². The highest BCUT2D eigenvalue weighted by Gasteiger charge is 2.12. The van der Waals surface area contributed by atoms with Gasteiger partial charge in [-0.2, -0.15) is 5.10 Å². The van der Waals surface area contributed by atoms with Crippen LogP contribution in [0.2, 0.25) is 0 Å². The van der Waals surface area contributed by atoms with Crippen LogP contribution in [0.15, 0.2) is 6.20 Å². The molecule has 1 aromatic heterocycles. The number of nitrogen functional groups attached to an aromatic ring is 1. The van der Waals surface area contributed by atoms with Crippen LogP contribution in [0.5, 0.6) is 0 Å². The third kappa shape index (κ3) is 2.46. The molecular formula is C8H13N3O3. The largest absolute Gasteiger partial charge is 0.476 e. The zero-order valence-corrected chi connectivity index (χ0v) is 7.68. The third-order valence-corrected chi connectivity index (χ3v) is 1.79. The number of anilines is 1.